The van der Waals surface area contributed by atoms with Gasteiger partial charge in [0.1, 0.15) is 0 Å². The van der Waals surface area contributed by atoms with Gasteiger partial charge in [0.05, 0.1) is 0 Å². The summed E-state index contributed by atoms with van der Waals surface area (Å²) in [5.41, 5.74) is 0.281. The molecule has 1 rings (SSSR count). The van der Waals surface area contributed by atoms with E-state index in [2.05, 4.69) is 31.1 Å². The van der Waals surface area contributed by atoms with Crippen molar-refractivity contribution in [1.82, 2.24) is 10.2 Å². The van der Waals surface area contributed by atoms with Gasteiger partial charge in [0, 0.05) is 12.1 Å². The SMILES string of the molecule is CNCC(C)(C)N(C)CCC1CCCCC1. The van der Waals surface area contributed by atoms with Crippen LogP contribution in [0.4, 0.5) is 0 Å². The van der Waals surface area contributed by atoms with E-state index in [-0.39, 0.29) is 5.54 Å². The second-order valence-corrected chi connectivity index (χ2v) is 6.06. The smallest absolute Gasteiger partial charge is 0.0274 e. The monoisotopic (exact) mass is 226 g/mol. The molecule has 1 fully saturated rings. The van der Waals surface area contributed by atoms with E-state index in [1.54, 1.807) is 0 Å². The Morgan fingerprint density at radius 3 is 2.38 bits per heavy atom. The summed E-state index contributed by atoms with van der Waals surface area (Å²) in [6.07, 6.45) is 8.74. The summed E-state index contributed by atoms with van der Waals surface area (Å²) in [4.78, 5) is 2.51. The molecule has 0 aromatic rings. The first-order valence-corrected chi connectivity index (χ1v) is 6.92. The van der Waals surface area contributed by atoms with E-state index in [4.69, 9.17) is 0 Å². The average Bonchev–Trinajstić information content (AvgIpc) is 2.27. The van der Waals surface area contributed by atoms with Crippen LogP contribution >= 0.6 is 0 Å². The van der Waals surface area contributed by atoms with Gasteiger partial charge in [-0.15, -0.1) is 0 Å². The molecule has 96 valence electrons. The van der Waals surface area contributed by atoms with Gasteiger partial charge in [0.2, 0.25) is 0 Å². The maximum absolute atomic E-state index is 3.29. The van der Waals surface area contributed by atoms with Crippen LogP contribution in [0.1, 0.15) is 52.4 Å². The molecule has 1 aliphatic carbocycles. The van der Waals surface area contributed by atoms with Crippen LogP contribution in [0.3, 0.4) is 0 Å². The Balaban J connectivity index is 2.25. The topological polar surface area (TPSA) is 15.3 Å². The van der Waals surface area contributed by atoms with Gasteiger partial charge < -0.3 is 5.32 Å². The fourth-order valence-electron chi connectivity index (χ4n) is 2.72. The molecule has 0 aromatic heterocycles. The third kappa shape index (κ3) is 4.42. The number of hydrogen-bond donors (Lipinski definition) is 1. The van der Waals surface area contributed by atoms with Crippen molar-refractivity contribution in [2.24, 2.45) is 5.92 Å². The molecule has 0 unspecified atom stereocenters. The Kier molecular flexibility index (Phi) is 5.77. The summed E-state index contributed by atoms with van der Waals surface area (Å²) >= 11 is 0. The van der Waals surface area contributed by atoms with Crippen LogP contribution in [-0.2, 0) is 0 Å². The van der Waals surface area contributed by atoms with E-state index in [9.17, 15) is 0 Å². The molecular weight excluding hydrogens is 196 g/mol. The van der Waals surface area contributed by atoms with Crippen LogP contribution in [0.15, 0.2) is 0 Å². The van der Waals surface area contributed by atoms with Gasteiger partial charge >= 0.3 is 0 Å². The van der Waals surface area contributed by atoms with Gasteiger partial charge in [-0.05, 0) is 46.8 Å². The summed E-state index contributed by atoms with van der Waals surface area (Å²) in [6.45, 7) is 6.96. The molecule has 16 heavy (non-hydrogen) atoms. The molecule has 1 saturated carbocycles. The number of nitrogens with zero attached hydrogens (tertiary/aromatic N) is 1. The van der Waals surface area contributed by atoms with Crippen molar-refractivity contribution in [2.75, 3.05) is 27.2 Å². The highest BCUT2D eigenvalue weighted by molar-refractivity contribution is 4.81. The quantitative estimate of drug-likeness (QED) is 0.749. The predicted octanol–water partition coefficient (Wildman–Crippen LogP) is 2.89. The number of hydrogen-bond acceptors (Lipinski definition) is 2. The van der Waals surface area contributed by atoms with Gasteiger partial charge in [0.15, 0.2) is 0 Å². The van der Waals surface area contributed by atoms with Gasteiger partial charge in [0.25, 0.3) is 0 Å². The Morgan fingerprint density at radius 1 is 1.19 bits per heavy atom. The lowest BCUT2D eigenvalue weighted by Gasteiger charge is -2.36. The Labute approximate surface area is 102 Å². The standard InChI is InChI=1S/C14H30N2/c1-14(2,12-15-3)16(4)11-10-13-8-6-5-7-9-13/h13,15H,5-12H2,1-4H3. The Morgan fingerprint density at radius 2 is 1.81 bits per heavy atom. The van der Waals surface area contributed by atoms with Crippen molar-refractivity contribution in [2.45, 2.75) is 57.9 Å². The fourth-order valence-corrected chi connectivity index (χ4v) is 2.72. The van der Waals surface area contributed by atoms with E-state index in [0.29, 0.717) is 0 Å². The highest BCUT2D eigenvalue weighted by Crippen LogP contribution is 2.27. The van der Waals surface area contributed by atoms with Crippen LogP contribution in [0.25, 0.3) is 0 Å². The van der Waals surface area contributed by atoms with Crippen molar-refractivity contribution in [3.05, 3.63) is 0 Å². The zero-order valence-electron chi connectivity index (χ0n) is 11.7. The molecule has 0 aromatic carbocycles. The summed E-state index contributed by atoms with van der Waals surface area (Å²) in [7, 11) is 4.30. The van der Waals surface area contributed by atoms with E-state index < -0.39 is 0 Å². The third-order valence-corrected chi connectivity index (χ3v) is 4.24. The number of rotatable bonds is 6. The van der Waals surface area contributed by atoms with E-state index in [1.165, 1.54) is 45.1 Å². The summed E-state index contributed by atoms with van der Waals surface area (Å²) < 4.78 is 0. The summed E-state index contributed by atoms with van der Waals surface area (Å²) in [6, 6.07) is 0. The van der Waals surface area contributed by atoms with Gasteiger partial charge in [-0.3, -0.25) is 4.90 Å². The minimum Gasteiger partial charge on any atom is -0.318 e. The lowest BCUT2D eigenvalue weighted by Crippen LogP contribution is -2.48. The first kappa shape index (κ1) is 14.0. The van der Waals surface area contributed by atoms with Crippen molar-refractivity contribution in [1.29, 1.82) is 0 Å². The van der Waals surface area contributed by atoms with Crippen molar-refractivity contribution in [3.63, 3.8) is 0 Å². The van der Waals surface area contributed by atoms with Crippen LogP contribution < -0.4 is 5.32 Å². The highest BCUT2D eigenvalue weighted by atomic mass is 15.2. The second kappa shape index (κ2) is 6.61. The fraction of sp³-hybridized carbons (Fsp3) is 1.00. The minimum atomic E-state index is 0.281. The molecular formula is C14H30N2. The van der Waals surface area contributed by atoms with Crippen LogP contribution in [0.5, 0.6) is 0 Å². The molecule has 0 spiro atoms. The predicted molar refractivity (Wildman–Crippen MR) is 71.8 cm³/mol. The van der Waals surface area contributed by atoms with Gasteiger partial charge in [-0.1, -0.05) is 32.1 Å². The van der Waals surface area contributed by atoms with Crippen molar-refractivity contribution < 1.29 is 0 Å². The zero-order valence-corrected chi connectivity index (χ0v) is 11.7. The van der Waals surface area contributed by atoms with E-state index in [1.807, 2.05) is 7.05 Å². The molecule has 1 aliphatic rings. The molecule has 0 aliphatic heterocycles. The molecule has 0 radical (unpaired) electrons. The number of nitrogens with one attached hydrogen (secondary N) is 1. The molecule has 2 nitrogen and oxygen atoms in total. The molecule has 0 saturated heterocycles. The lowest BCUT2D eigenvalue weighted by atomic mass is 9.86. The van der Waals surface area contributed by atoms with Crippen LogP contribution in [-0.4, -0.2) is 37.6 Å². The molecule has 0 atom stereocenters. The average molecular weight is 226 g/mol. The first-order chi connectivity index (χ1) is 7.56. The molecule has 2 heteroatoms. The van der Waals surface area contributed by atoms with Gasteiger partial charge in [-0.2, -0.15) is 0 Å². The lowest BCUT2D eigenvalue weighted by molar-refractivity contribution is 0.140. The molecule has 0 bridgehead atoms. The minimum absolute atomic E-state index is 0.281. The highest BCUT2D eigenvalue weighted by Gasteiger charge is 2.23. The molecule has 1 N–H and O–H groups in total. The second-order valence-electron chi connectivity index (χ2n) is 6.06. The third-order valence-electron chi connectivity index (χ3n) is 4.24. The van der Waals surface area contributed by atoms with E-state index in [0.717, 1.165) is 12.5 Å². The Bertz CT molecular complexity index is 183. The molecule has 0 amide bonds. The Hall–Kier alpha value is -0.0800. The van der Waals surface area contributed by atoms with Crippen molar-refractivity contribution >= 4 is 0 Å². The largest absolute Gasteiger partial charge is 0.318 e. The van der Waals surface area contributed by atoms with Crippen LogP contribution in [0, 0.1) is 5.92 Å². The van der Waals surface area contributed by atoms with Crippen molar-refractivity contribution in [3.8, 4) is 0 Å². The van der Waals surface area contributed by atoms with E-state index >= 15 is 0 Å². The molecule has 0 heterocycles. The summed E-state index contributed by atoms with van der Waals surface area (Å²) in [5, 5.41) is 3.29. The normalized spacial score (nSPS) is 19.3. The maximum Gasteiger partial charge on any atom is 0.0274 e. The van der Waals surface area contributed by atoms with Gasteiger partial charge in [-0.25, -0.2) is 0 Å². The first-order valence-electron chi connectivity index (χ1n) is 6.92. The maximum atomic E-state index is 3.29. The van der Waals surface area contributed by atoms with Crippen LogP contribution in [0.2, 0.25) is 0 Å². The summed E-state index contributed by atoms with van der Waals surface area (Å²) in [5.74, 6) is 1.00. The number of likely N-dealkylation sites (N-methyl/N-ethyl adjacent to an activating group) is 2. The zero-order chi connectivity index (χ0) is 12.0.